The summed E-state index contributed by atoms with van der Waals surface area (Å²) in [7, 11) is -0.692. The third-order valence-electron chi connectivity index (χ3n) is 4.43. The summed E-state index contributed by atoms with van der Waals surface area (Å²) in [5, 5.41) is 9.23. The highest BCUT2D eigenvalue weighted by molar-refractivity contribution is 7.91. The molecule has 1 aromatic rings. The molecule has 0 saturated carbocycles. The van der Waals surface area contributed by atoms with Crippen LogP contribution < -0.4 is 9.47 Å². The van der Waals surface area contributed by atoms with E-state index in [4.69, 9.17) is 9.47 Å². The summed E-state index contributed by atoms with van der Waals surface area (Å²) in [4.78, 5) is 14.0. The molecule has 1 fully saturated rings. The van der Waals surface area contributed by atoms with Crippen molar-refractivity contribution in [2.24, 2.45) is 5.92 Å². The minimum Gasteiger partial charge on any atom is -0.493 e. The van der Waals surface area contributed by atoms with E-state index in [0.717, 1.165) is 12.8 Å². The van der Waals surface area contributed by atoms with Crippen LogP contribution in [0.3, 0.4) is 0 Å². The van der Waals surface area contributed by atoms with E-state index < -0.39 is 9.84 Å². The van der Waals surface area contributed by atoms with Gasteiger partial charge in [0.05, 0.1) is 24.9 Å². The highest BCUT2D eigenvalue weighted by Gasteiger charge is 2.25. The second-order valence-corrected chi connectivity index (χ2v) is 8.23. The van der Waals surface area contributed by atoms with Crippen molar-refractivity contribution in [3.05, 3.63) is 18.2 Å². The van der Waals surface area contributed by atoms with Gasteiger partial charge in [-0.15, -0.1) is 0 Å². The predicted octanol–water partition coefficient (Wildman–Crippen LogP) is 1.10. The van der Waals surface area contributed by atoms with Gasteiger partial charge in [-0.05, 0) is 30.9 Å². The molecule has 7 nitrogen and oxygen atoms in total. The molecule has 0 spiro atoms. The summed E-state index contributed by atoms with van der Waals surface area (Å²) in [5.41, 5.74) is 0. The number of hydrogen-bond acceptors (Lipinski definition) is 6. The topological polar surface area (TPSA) is 93.1 Å². The Bertz CT molecular complexity index is 703. The molecule has 1 aromatic carbocycles. The number of sulfone groups is 1. The van der Waals surface area contributed by atoms with Crippen molar-refractivity contribution in [2.75, 3.05) is 39.7 Å². The van der Waals surface area contributed by atoms with Gasteiger partial charge < -0.3 is 19.5 Å². The van der Waals surface area contributed by atoms with Gasteiger partial charge >= 0.3 is 0 Å². The molecule has 1 N–H and O–H groups in total. The molecule has 1 aliphatic heterocycles. The van der Waals surface area contributed by atoms with E-state index in [9.17, 15) is 18.3 Å². The average Bonchev–Trinajstić information content (AvgIpc) is 2.65. The Morgan fingerprint density at radius 2 is 2.00 bits per heavy atom. The maximum absolute atomic E-state index is 12.5. The highest BCUT2D eigenvalue weighted by atomic mass is 32.2. The Hall–Kier alpha value is -1.80. The van der Waals surface area contributed by atoms with Crippen LogP contribution in [-0.2, 0) is 14.6 Å². The largest absolute Gasteiger partial charge is 0.493 e. The number of piperidine rings is 1. The molecule has 0 aliphatic carbocycles. The van der Waals surface area contributed by atoms with Gasteiger partial charge in [-0.3, -0.25) is 4.79 Å². The molecule has 0 bridgehead atoms. The zero-order valence-electron chi connectivity index (χ0n) is 14.6. The number of aliphatic hydroxyl groups excluding tert-OH is 1. The van der Waals surface area contributed by atoms with Crippen LogP contribution in [-0.4, -0.2) is 64.0 Å². The number of methoxy groups -OCH3 is 2. The summed E-state index contributed by atoms with van der Waals surface area (Å²) in [5.74, 6) is 0.404. The van der Waals surface area contributed by atoms with E-state index >= 15 is 0 Å². The van der Waals surface area contributed by atoms with Gasteiger partial charge in [0.15, 0.2) is 21.3 Å². The van der Waals surface area contributed by atoms with E-state index in [-0.39, 0.29) is 35.5 Å². The molecule has 1 atom stereocenters. The van der Waals surface area contributed by atoms with Crippen molar-refractivity contribution in [3.8, 4) is 11.5 Å². The van der Waals surface area contributed by atoms with Gasteiger partial charge in [0.1, 0.15) is 0 Å². The summed E-state index contributed by atoms with van der Waals surface area (Å²) in [6.07, 6.45) is 1.65. The van der Waals surface area contributed by atoms with E-state index in [1.54, 1.807) is 4.90 Å². The van der Waals surface area contributed by atoms with E-state index in [2.05, 4.69) is 0 Å². The van der Waals surface area contributed by atoms with Crippen LogP contribution in [0.25, 0.3) is 0 Å². The fourth-order valence-electron chi connectivity index (χ4n) is 2.95. The molecule has 1 amide bonds. The predicted molar refractivity (Wildman–Crippen MR) is 92.6 cm³/mol. The van der Waals surface area contributed by atoms with Crippen LogP contribution in [0.5, 0.6) is 11.5 Å². The quantitative estimate of drug-likeness (QED) is 0.771. The Kier molecular flexibility index (Phi) is 6.66. The second-order valence-electron chi connectivity index (χ2n) is 6.12. The van der Waals surface area contributed by atoms with Gasteiger partial charge in [-0.2, -0.15) is 0 Å². The van der Waals surface area contributed by atoms with Crippen LogP contribution in [0.1, 0.15) is 19.3 Å². The number of likely N-dealkylation sites (tertiary alicyclic amines) is 1. The van der Waals surface area contributed by atoms with Crippen LogP contribution in [0, 0.1) is 5.92 Å². The Morgan fingerprint density at radius 3 is 2.64 bits per heavy atom. The standard InChI is InChI=1S/C17H25NO6S/c1-23-15-6-5-14(10-16(15)24-2)25(21,22)9-7-17(20)18-8-3-4-13(11-18)12-19/h5-6,10,13,19H,3-4,7-9,11-12H2,1-2H3. The van der Waals surface area contributed by atoms with E-state index in [0.29, 0.717) is 24.6 Å². The lowest BCUT2D eigenvalue weighted by molar-refractivity contribution is -0.132. The maximum atomic E-state index is 12.5. The number of nitrogens with zero attached hydrogens (tertiary/aromatic N) is 1. The summed E-state index contributed by atoms with van der Waals surface area (Å²) >= 11 is 0. The molecule has 2 rings (SSSR count). The van der Waals surface area contributed by atoms with E-state index in [1.165, 1.54) is 32.4 Å². The van der Waals surface area contributed by atoms with Gasteiger partial charge in [-0.1, -0.05) is 0 Å². The van der Waals surface area contributed by atoms with Gasteiger partial charge in [0.25, 0.3) is 0 Å². The first-order chi connectivity index (χ1) is 11.9. The van der Waals surface area contributed by atoms with Gasteiger partial charge in [-0.25, -0.2) is 8.42 Å². The molecule has 8 heteroatoms. The molecule has 0 aromatic heterocycles. The molecule has 1 heterocycles. The molecular weight excluding hydrogens is 346 g/mol. The summed E-state index contributed by atoms with van der Waals surface area (Å²) in [6, 6.07) is 4.38. The first kappa shape index (κ1) is 19.5. The fraction of sp³-hybridized carbons (Fsp3) is 0.588. The van der Waals surface area contributed by atoms with Crippen molar-refractivity contribution in [1.82, 2.24) is 4.90 Å². The average molecular weight is 371 g/mol. The molecule has 1 aliphatic rings. The zero-order valence-corrected chi connectivity index (χ0v) is 15.4. The Balaban J connectivity index is 2.02. The Labute approximate surface area is 148 Å². The number of amides is 1. The van der Waals surface area contributed by atoms with Gasteiger partial charge in [0.2, 0.25) is 5.91 Å². The monoisotopic (exact) mass is 371 g/mol. The number of hydrogen-bond donors (Lipinski definition) is 1. The lowest BCUT2D eigenvalue weighted by Crippen LogP contribution is -2.41. The fourth-order valence-corrected chi connectivity index (χ4v) is 4.19. The second kappa shape index (κ2) is 8.53. The first-order valence-electron chi connectivity index (χ1n) is 8.24. The van der Waals surface area contributed by atoms with Crippen molar-refractivity contribution in [3.63, 3.8) is 0 Å². The third-order valence-corrected chi connectivity index (χ3v) is 6.14. The van der Waals surface area contributed by atoms with Crippen molar-refractivity contribution in [1.29, 1.82) is 0 Å². The number of carbonyl (C=O) groups excluding carboxylic acids is 1. The molecule has 1 unspecified atom stereocenters. The van der Waals surface area contributed by atoms with Crippen molar-refractivity contribution < 1.29 is 27.8 Å². The highest BCUT2D eigenvalue weighted by Crippen LogP contribution is 2.30. The normalized spacial score (nSPS) is 18.0. The molecular formula is C17H25NO6S. The number of ether oxygens (including phenoxy) is 2. The molecule has 0 radical (unpaired) electrons. The number of aliphatic hydroxyl groups is 1. The lowest BCUT2D eigenvalue weighted by atomic mass is 9.99. The SMILES string of the molecule is COc1ccc(S(=O)(=O)CCC(=O)N2CCCC(CO)C2)cc1OC. The van der Waals surface area contributed by atoms with Crippen LogP contribution in [0.2, 0.25) is 0 Å². The number of carbonyl (C=O) groups is 1. The minimum absolute atomic E-state index is 0.0493. The van der Waals surface area contributed by atoms with E-state index in [1.807, 2.05) is 0 Å². The smallest absolute Gasteiger partial charge is 0.223 e. The summed E-state index contributed by atoms with van der Waals surface area (Å²) in [6.45, 7) is 1.16. The lowest BCUT2D eigenvalue weighted by Gasteiger charge is -2.31. The molecule has 140 valence electrons. The number of benzene rings is 1. The third kappa shape index (κ3) is 4.85. The zero-order chi connectivity index (χ0) is 18.4. The summed E-state index contributed by atoms with van der Waals surface area (Å²) < 4.78 is 35.2. The Morgan fingerprint density at radius 1 is 1.28 bits per heavy atom. The van der Waals surface area contributed by atoms with Crippen molar-refractivity contribution in [2.45, 2.75) is 24.2 Å². The minimum atomic E-state index is -3.60. The van der Waals surface area contributed by atoms with Crippen LogP contribution in [0.4, 0.5) is 0 Å². The van der Waals surface area contributed by atoms with Crippen LogP contribution >= 0.6 is 0 Å². The van der Waals surface area contributed by atoms with Crippen molar-refractivity contribution >= 4 is 15.7 Å². The van der Waals surface area contributed by atoms with Crippen LogP contribution in [0.15, 0.2) is 23.1 Å². The molecule has 1 saturated heterocycles. The first-order valence-corrected chi connectivity index (χ1v) is 9.90. The number of rotatable bonds is 7. The molecule has 25 heavy (non-hydrogen) atoms. The maximum Gasteiger partial charge on any atom is 0.223 e. The van der Waals surface area contributed by atoms with Gasteiger partial charge in [0, 0.05) is 32.2 Å².